The van der Waals surface area contributed by atoms with Crippen molar-refractivity contribution in [3.63, 3.8) is 0 Å². The van der Waals surface area contributed by atoms with Crippen LogP contribution in [0.1, 0.15) is 32.2 Å². The lowest BCUT2D eigenvalue weighted by Crippen LogP contribution is -2.34. The Bertz CT molecular complexity index is 371. The molecule has 1 atom stereocenters. The van der Waals surface area contributed by atoms with Crippen molar-refractivity contribution >= 4 is 0 Å². The number of imidazole rings is 1. The Kier molecular flexibility index (Phi) is 2.95. The van der Waals surface area contributed by atoms with Crippen LogP contribution in [-0.4, -0.2) is 22.2 Å². The quantitative estimate of drug-likeness (QED) is 0.785. The van der Waals surface area contributed by atoms with E-state index in [0.717, 1.165) is 25.8 Å². The lowest BCUT2D eigenvalue weighted by Gasteiger charge is -2.13. The molecule has 4 nitrogen and oxygen atoms in total. The van der Waals surface area contributed by atoms with Crippen molar-refractivity contribution in [1.82, 2.24) is 14.5 Å². The second-order valence-corrected chi connectivity index (χ2v) is 4.27. The Morgan fingerprint density at radius 1 is 1.53 bits per heavy atom. The van der Waals surface area contributed by atoms with Gasteiger partial charge in [0.2, 0.25) is 0 Å². The van der Waals surface area contributed by atoms with Crippen LogP contribution in [0.15, 0.2) is 17.2 Å². The zero-order chi connectivity index (χ0) is 10.8. The molecule has 15 heavy (non-hydrogen) atoms. The van der Waals surface area contributed by atoms with Crippen LogP contribution in [0.4, 0.5) is 0 Å². The Morgan fingerprint density at radius 2 is 2.27 bits per heavy atom. The molecule has 1 N–H and O–H groups in total. The third-order valence-electron chi connectivity index (χ3n) is 3.13. The fourth-order valence-corrected chi connectivity index (χ4v) is 1.86. The Morgan fingerprint density at radius 3 is 2.80 bits per heavy atom. The van der Waals surface area contributed by atoms with Gasteiger partial charge in [0.1, 0.15) is 0 Å². The molecule has 1 fully saturated rings. The molecule has 2 rings (SSSR count). The Labute approximate surface area is 89.9 Å². The highest BCUT2D eigenvalue weighted by atomic mass is 16.1. The first-order valence-corrected chi connectivity index (χ1v) is 5.70. The molecule has 1 aromatic heterocycles. The van der Waals surface area contributed by atoms with Gasteiger partial charge in [-0.25, -0.2) is 4.79 Å². The van der Waals surface area contributed by atoms with Gasteiger partial charge in [-0.3, -0.25) is 9.13 Å². The Balaban J connectivity index is 2.11. The molecule has 4 heteroatoms. The minimum absolute atomic E-state index is 0.145. The summed E-state index contributed by atoms with van der Waals surface area (Å²) in [6.45, 7) is 2.90. The largest absolute Gasteiger partial charge is 0.328 e. The van der Waals surface area contributed by atoms with E-state index in [9.17, 15) is 4.79 Å². The van der Waals surface area contributed by atoms with E-state index in [0.29, 0.717) is 12.1 Å². The molecule has 84 valence electrons. The summed E-state index contributed by atoms with van der Waals surface area (Å²) in [5.41, 5.74) is 0.145. The van der Waals surface area contributed by atoms with E-state index in [4.69, 9.17) is 0 Å². The molecule has 0 spiro atoms. The van der Waals surface area contributed by atoms with Gasteiger partial charge < -0.3 is 5.32 Å². The van der Waals surface area contributed by atoms with E-state index in [1.807, 2.05) is 28.6 Å². The lowest BCUT2D eigenvalue weighted by molar-refractivity contribution is 0.456. The zero-order valence-corrected chi connectivity index (χ0v) is 9.44. The van der Waals surface area contributed by atoms with Gasteiger partial charge in [-0.05, 0) is 26.3 Å². The summed E-state index contributed by atoms with van der Waals surface area (Å²) >= 11 is 0. The molecule has 0 saturated heterocycles. The standard InChI is InChI=1S/C11H19N3O/c1-3-9(12-2)8-13-6-7-14(11(13)15)10-4-5-10/h6-7,9-10,12H,3-5,8H2,1-2H3. The zero-order valence-electron chi connectivity index (χ0n) is 9.44. The molecule has 0 amide bonds. The average molecular weight is 209 g/mol. The molecular weight excluding hydrogens is 190 g/mol. The molecular formula is C11H19N3O. The molecule has 0 radical (unpaired) electrons. The van der Waals surface area contributed by atoms with E-state index < -0.39 is 0 Å². The second-order valence-electron chi connectivity index (χ2n) is 4.27. The van der Waals surface area contributed by atoms with Gasteiger partial charge in [0, 0.05) is 31.0 Å². The minimum atomic E-state index is 0.145. The summed E-state index contributed by atoms with van der Waals surface area (Å²) in [5.74, 6) is 0. The van der Waals surface area contributed by atoms with Crippen molar-refractivity contribution in [3.05, 3.63) is 22.9 Å². The summed E-state index contributed by atoms with van der Waals surface area (Å²) in [7, 11) is 1.94. The van der Waals surface area contributed by atoms with Crippen molar-refractivity contribution in [1.29, 1.82) is 0 Å². The number of aromatic nitrogens is 2. The van der Waals surface area contributed by atoms with Crippen molar-refractivity contribution in [2.24, 2.45) is 0 Å². The highest BCUT2D eigenvalue weighted by Gasteiger charge is 2.25. The highest BCUT2D eigenvalue weighted by molar-refractivity contribution is 4.91. The smallest absolute Gasteiger partial charge is 0.315 e. The molecule has 0 bridgehead atoms. The topological polar surface area (TPSA) is 39.0 Å². The summed E-state index contributed by atoms with van der Waals surface area (Å²) in [4.78, 5) is 11.9. The third kappa shape index (κ3) is 2.15. The number of rotatable bonds is 5. The highest BCUT2D eigenvalue weighted by Crippen LogP contribution is 2.33. The maximum absolute atomic E-state index is 11.9. The molecule has 1 aliphatic rings. The van der Waals surface area contributed by atoms with Gasteiger partial charge in [0.05, 0.1) is 0 Å². The molecule has 0 aliphatic heterocycles. The van der Waals surface area contributed by atoms with Crippen LogP contribution in [0.25, 0.3) is 0 Å². The normalized spacial score (nSPS) is 18.0. The summed E-state index contributed by atoms with van der Waals surface area (Å²) in [6, 6.07) is 0.867. The summed E-state index contributed by atoms with van der Waals surface area (Å²) < 4.78 is 3.67. The van der Waals surface area contributed by atoms with Crippen molar-refractivity contribution < 1.29 is 0 Å². The monoisotopic (exact) mass is 209 g/mol. The number of likely N-dealkylation sites (N-methyl/N-ethyl adjacent to an activating group) is 1. The predicted octanol–water partition coefficient (Wildman–Crippen LogP) is 0.983. The summed E-state index contributed by atoms with van der Waals surface area (Å²) in [5, 5.41) is 3.21. The summed E-state index contributed by atoms with van der Waals surface area (Å²) in [6.07, 6.45) is 7.18. The molecule has 0 aromatic carbocycles. The lowest BCUT2D eigenvalue weighted by atomic mass is 10.2. The second kappa shape index (κ2) is 4.23. The third-order valence-corrected chi connectivity index (χ3v) is 3.13. The van der Waals surface area contributed by atoms with Crippen LogP contribution in [0.3, 0.4) is 0 Å². The molecule has 1 saturated carbocycles. The number of hydrogen-bond donors (Lipinski definition) is 1. The number of nitrogens with one attached hydrogen (secondary N) is 1. The van der Waals surface area contributed by atoms with Crippen LogP contribution >= 0.6 is 0 Å². The fraction of sp³-hybridized carbons (Fsp3) is 0.727. The van der Waals surface area contributed by atoms with E-state index in [2.05, 4.69) is 12.2 Å². The average Bonchev–Trinajstić information content (AvgIpc) is 3.02. The predicted molar refractivity (Wildman–Crippen MR) is 60.1 cm³/mol. The van der Waals surface area contributed by atoms with Crippen LogP contribution < -0.4 is 11.0 Å². The Hall–Kier alpha value is -1.03. The van der Waals surface area contributed by atoms with Crippen LogP contribution in [0, 0.1) is 0 Å². The van der Waals surface area contributed by atoms with Crippen LogP contribution in [0.2, 0.25) is 0 Å². The fourth-order valence-electron chi connectivity index (χ4n) is 1.86. The van der Waals surface area contributed by atoms with Crippen molar-refractivity contribution in [3.8, 4) is 0 Å². The maximum Gasteiger partial charge on any atom is 0.328 e. The minimum Gasteiger partial charge on any atom is -0.315 e. The number of hydrogen-bond acceptors (Lipinski definition) is 2. The maximum atomic E-state index is 11.9. The molecule has 1 aliphatic carbocycles. The van der Waals surface area contributed by atoms with E-state index in [-0.39, 0.29) is 5.69 Å². The first kappa shape index (κ1) is 10.5. The van der Waals surface area contributed by atoms with E-state index in [1.165, 1.54) is 0 Å². The molecule has 1 heterocycles. The molecule has 1 unspecified atom stereocenters. The van der Waals surface area contributed by atoms with Crippen molar-refractivity contribution in [2.45, 2.75) is 44.8 Å². The van der Waals surface area contributed by atoms with E-state index in [1.54, 1.807) is 0 Å². The van der Waals surface area contributed by atoms with E-state index >= 15 is 0 Å². The molecule has 1 aromatic rings. The van der Waals surface area contributed by atoms with Crippen molar-refractivity contribution in [2.75, 3.05) is 7.05 Å². The first-order valence-electron chi connectivity index (χ1n) is 5.70. The first-order chi connectivity index (χ1) is 7.26. The van der Waals surface area contributed by atoms with Crippen LogP contribution in [-0.2, 0) is 6.54 Å². The van der Waals surface area contributed by atoms with Crippen LogP contribution in [0.5, 0.6) is 0 Å². The van der Waals surface area contributed by atoms with Gasteiger partial charge in [-0.15, -0.1) is 0 Å². The van der Waals surface area contributed by atoms with Gasteiger partial charge in [0.15, 0.2) is 0 Å². The number of nitrogens with zero attached hydrogens (tertiary/aromatic N) is 2. The van der Waals surface area contributed by atoms with Gasteiger partial charge in [0.25, 0.3) is 0 Å². The SMILES string of the molecule is CCC(Cn1ccn(C2CC2)c1=O)NC. The van der Waals surface area contributed by atoms with Gasteiger partial charge in [-0.2, -0.15) is 0 Å². The van der Waals surface area contributed by atoms with Gasteiger partial charge in [-0.1, -0.05) is 6.92 Å². The van der Waals surface area contributed by atoms with Gasteiger partial charge >= 0.3 is 5.69 Å².